The SMILES string of the molecule is CN=C(NCc1ccnc(N2CCCCC2)c1)N1CCC(NC(=O)OC(C)(C)C)C1.I. The lowest BCUT2D eigenvalue weighted by atomic mass is 10.1. The number of hydrogen-bond acceptors (Lipinski definition) is 5. The predicted molar refractivity (Wildman–Crippen MR) is 135 cm³/mol. The number of aromatic nitrogens is 1. The number of piperidine rings is 1. The van der Waals surface area contributed by atoms with Gasteiger partial charge in [-0.2, -0.15) is 0 Å². The highest BCUT2D eigenvalue weighted by Crippen LogP contribution is 2.18. The van der Waals surface area contributed by atoms with Crippen LogP contribution in [0.15, 0.2) is 23.3 Å². The van der Waals surface area contributed by atoms with Crippen LogP contribution in [0, 0.1) is 0 Å². The van der Waals surface area contributed by atoms with Gasteiger partial charge in [0.2, 0.25) is 0 Å². The van der Waals surface area contributed by atoms with Crippen molar-refractivity contribution in [2.24, 2.45) is 4.99 Å². The molecule has 2 aliphatic rings. The molecule has 0 bridgehead atoms. The zero-order valence-electron chi connectivity index (χ0n) is 19.2. The summed E-state index contributed by atoms with van der Waals surface area (Å²) in [6, 6.07) is 4.28. The fourth-order valence-electron chi connectivity index (χ4n) is 3.92. The number of guanidine groups is 1. The van der Waals surface area contributed by atoms with E-state index in [4.69, 9.17) is 4.74 Å². The first-order valence-corrected chi connectivity index (χ1v) is 11.0. The molecular formula is C22H37IN6O2. The van der Waals surface area contributed by atoms with E-state index >= 15 is 0 Å². The largest absolute Gasteiger partial charge is 0.444 e. The number of likely N-dealkylation sites (tertiary alicyclic amines) is 1. The highest BCUT2D eigenvalue weighted by atomic mass is 127. The number of rotatable bonds is 4. The number of nitrogens with one attached hydrogen (secondary N) is 2. The normalized spacial score (nSPS) is 19.6. The van der Waals surface area contributed by atoms with Gasteiger partial charge in [0.05, 0.1) is 6.04 Å². The van der Waals surface area contributed by atoms with Crippen LogP contribution in [0.2, 0.25) is 0 Å². The van der Waals surface area contributed by atoms with E-state index in [-0.39, 0.29) is 36.1 Å². The molecule has 2 saturated heterocycles. The Morgan fingerprint density at radius 3 is 2.68 bits per heavy atom. The molecule has 1 amide bonds. The molecule has 3 heterocycles. The molecule has 1 atom stereocenters. The molecule has 9 heteroatoms. The van der Waals surface area contributed by atoms with E-state index in [1.165, 1.54) is 24.8 Å². The van der Waals surface area contributed by atoms with Crippen LogP contribution >= 0.6 is 24.0 Å². The van der Waals surface area contributed by atoms with E-state index in [9.17, 15) is 4.79 Å². The van der Waals surface area contributed by atoms with Gasteiger partial charge < -0.3 is 25.2 Å². The van der Waals surface area contributed by atoms with Crippen molar-refractivity contribution >= 4 is 41.8 Å². The van der Waals surface area contributed by atoms with Gasteiger partial charge in [-0.15, -0.1) is 24.0 Å². The molecule has 1 unspecified atom stereocenters. The number of pyridine rings is 1. The van der Waals surface area contributed by atoms with Crippen LogP contribution in [0.25, 0.3) is 0 Å². The van der Waals surface area contributed by atoms with Crippen LogP contribution in [0.5, 0.6) is 0 Å². The molecule has 0 aliphatic carbocycles. The van der Waals surface area contributed by atoms with Gasteiger partial charge in [0.15, 0.2) is 5.96 Å². The molecule has 0 radical (unpaired) electrons. The Balaban J connectivity index is 0.00000341. The number of carbonyl (C=O) groups excluding carboxylic acids is 1. The maximum atomic E-state index is 12.0. The Hall–Kier alpha value is -1.78. The molecule has 8 nitrogen and oxygen atoms in total. The van der Waals surface area contributed by atoms with Gasteiger partial charge in [0.1, 0.15) is 11.4 Å². The number of carbonyl (C=O) groups is 1. The van der Waals surface area contributed by atoms with Crippen molar-refractivity contribution in [2.75, 3.05) is 38.1 Å². The van der Waals surface area contributed by atoms with E-state index in [0.717, 1.165) is 37.8 Å². The first-order valence-electron chi connectivity index (χ1n) is 11.0. The lowest BCUT2D eigenvalue weighted by Crippen LogP contribution is -2.44. The molecule has 0 saturated carbocycles. The zero-order chi connectivity index (χ0) is 21.6. The maximum absolute atomic E-state index is 12.0. The summed E-state index contributed by atoms with van der Waals surface area (Å²) >= 11 is 0. The Bertz CT molecular complexity index is 746. The van der Waals surface area contributed by atoms with Crippen molar-refractivity contribution in [3.63, 3.8) is 0 Å². The van der Waals surface area contributed by atoms with Gasteiger partial charge >= 0.3 is 6.09 Å². The van der Waals surface area contributed by atoms with Gasteiger partial charge in [-0.1, -0.05) is 0 Å². The summed E-state index contributed by atoms with van der Waals surface area (Å²) in [6.07, 6.45) is 6.19. The Morgan fingerprint density at radius 2 is 2.00 bits per heavy atom. The van der Waals surface area contributed by atoms with Crippen LogP contribution in [0.4, 0.5) is 10.6 Å². The third-order valence-electron chi connectivity index (χ3n) is 5.36. The minimum Gasteiger partial charge on any atom is -0.444 e. The number of alkyl carbamates (subject to hydrolysis) is 1. The summed E-state index contributed by atoms with van der Waals surface area (Å²) in [4.78, 5) is 25.6. The average Bonchev–Trinajstić information content (AvgIpc) is 3.16. The number of amides is 1. The molecule has 0 spiro atoms. The number of ether oxygens (including phenoxy) is 1. The van der Waals surface area contributed by atoms with E-state index in [0.29, 0.717) is 13.1 Å². The number of nitrogens with zero attached hydrogens (tertiary/aromatic N) is 4. The maximum Gasteiger partial charge on any atom is 0.407 e. The number of halogens is 1. The van der Waals surface area contributed by atoms with Crippen LogP contribution < -0.4 is 15.5 Å². The molecule has 2 fully saturated rings. The van der Waals surface area contributed by atoms with Crippen LogP contribution in [-0.2, 0) is 11.3 Å². The molecule has 31 heavy (non-hydrogen) atoms. The Kier molecular flexibility index (Phi) is 9.64. The van der Waals surface area contributed by atoms with Crippen molar-refractivity contribution in [2.45, 2.75) is 64.6 Å². The van der Waals surface area contributed by atoms with Crippen molar-refractivity contribution in [3.8, 4) is 0 Å². The first-order chi connectivity index (χ1) is 14.3. The molecule has 1 aromatic heterocycles. The number of hydrogen-bond donors (Lipinski definition) is 2. The molecule has 2 N–H and O–H groups in total. The van der Waals surface area contributed by atoms with E-state index in [1.54, 1.807) is 7.05 Å². The number of aliphatic imine (C=N–C) groups is 1. The second-order valence-electron chi connectivity index (χ2n) is 9.05. The van der Waals surface area contributed by atoms with Crippen molar-refractivity contribution in [3.05, 3.63) is 23.9 Å². The minimum absolute atomic E-state index is 0. The second kappa shape index (κ2) is 11.7. The zero-order valence-corrected chi connectivity index (χ0v) is 21.5. The van der Waals surface area contributed by atoms with Gasteiger partial charge in [-0.25, -0.2) is 9.78 Å². The summed E-state index contributed by atoms with van der Waals surface area (Å²) in [5.74, 6) is 1.91. The van der Waals surface area contributed by atoms with Crippen molar-refractivity contribution in [1.29, 1.82) is 0 Å². The average molecular weight is 544 g/mol. The third-order valence-corrected chi connectivity index (χ3v) is 5.36. The number of anilines is 1. The quantitative estimate of drug-likeness (QED) is 0.344. The van der Waals surface area contributed by atoms with Gasteiger partial charge in [0.25, 0.3) is 0 Å². The highest BCUT2D eigenvalue weighted by Gasteiger charge is 2.27. The lowest BCUT2D eigenvalue weighted by Gasteiger charge is -2.28. The summed E-state index contributed by atoms with van der Waals surface area (Å²) in [7, 11) is 1.79. The molecule has 2 aliphatic heterocycles. The summed E-state index contributed by atoms with van der Waals surface area (Å²) < 4.78 is 5.36. The first kappa shape index (κ1) is 25.5. The monoisotopic (exact) mass is 544 g/mol. The summed E-state index contributed by atoms with van der Waals surface area (Å²) in [5, 5.41) is 6.42. The molecule has 1 aromatic rings. The minimum atomic E-state index is -0.489. The third kappa shape index (κ3) is 8.01. The molecule has 3 rings (SSSR count). The Labute approximate surface area is 203 Å². The van der Waals surface area contributed by atoms with Crippen LogP contribution in [-0.4, -0.2) is 66.8 Å². The van der Waals surface area contributed by atoms with Gasteiger partial charge in [0, 0.05) is 46.0 Å². The Morgan fingerprint density at radius 1 is 1.26 bits per heavy atom. The smallest absolute Gasteiger partial charge is 0.407 e. The standard InChI is InChI=1S/C22H36N6O2.HI/c1-22(2,3)30-21(29)26-18-9-13-28(16-18)20(23-4)25-15-17-8-10-24-19(14-17)27-11-6-5-7-12-27;/h8,10,14,18H,5-7,9,11-13,15-16H2,1-4H3,(H,23,25)(H,26,29);1H. The lowest BCUT2D eigenvalue weighted by molar-refractivity contribution is 0.0507. The summed E-state index contributed by atoms with van der Waals surface area (Å²) in [6.45, 7) is 10.0. The van der Waals surface area contributed by atoms with E-state index in [1.807, 2.05) is 33.0 Å². The van der Waals surface area contributed by atoms with Gasteiger partial charge in [-0.3, -0.25) is 4.99 Å². The van der Waals surface area contributed by atoms with E-state index < -0.39 is 5.60 Å². The van der Waals surface area contributed by atoms with E-state index in [2.05, 4.69) is 36.5 Å². The fourth-order valence-corrected chi connectivity index (χ4v) is 3.92. The van der Waals surface area contributed by atoms with Crippen LogP contribution in [0.3, 0.4) is 0 Å². The van der Waals surface area contributed by atoms with Crippen molar-refractivity contribution in [1.82, 2.24) is 20.5 Å². The summed E-state index contributed by atoms with van der Waals surface area (Å²) in [5.41, 5.74) is 0.701. The topological polar surface area (TPSA) is 82.1 Å². The molecule has 0 aromatic carbocycles. The fraction of sp³-hybridized carbons (Fsp3) is 0.682. The van der Waals surface area contributed by atoms with Gasteiger partial charge in [-0.05, 0) is 64.2 Å². The van der Waals surface area contributed by atoms with Crippen molar-refractivity contribution < 1.29 is 9.53 Å². The molecule has 174 valence electrons. The predicted octanol–water partition coefficient (Wildman–Crippen LogP) is 3.36. The van der Waals surface area contributed by atoms with Crippen LogP contribution in [0.1, 0.15) is 52.0 Å². The molecular weight excluding hydrogens is 507 g/mol. The highest BCUT2D eigenvalue weighted by molar-refractivity contribution is 14.0. The second-order valence-corrected chi connectivity index (χ2v) is 9.05.